The van der Waals surface area contributed by atoms with E-state index < -0.39 is 6.04 Å². The molecule has 1 aliphatic rings. The van der Waals surface area contributed by atoms with E-state index in [9.17, 15) is 4.79 Å². The number of nitrogens with two attached hydrogens (primary N) is 1. The molecule has 1 aromatic rings. The quantitative estimate of drug-likeness (QED) is 0.836. The van der Waals surface area contributed by atoms with Crippen molar-refractivity contribution in [2.45, 2.75) is 19.4 Å². The van der Waals surface area contributed by atoms with E-state index in [0.29, 0.717) is 5.92 Å². The second-order valence-corrected chi connectivity index (χ2v) is 5.18. The molecule has 2 atom stereocenters. The van der Waals surface area contributed by atoms with Crippen molar-refractivity contribution in [1.29, 1.82) is 0 Å². The van der Waals surface area contributed by atoms with Gasteiger partial charge in [-0.2, -0.15) is 0 Å². The van der Waals surface area contributed by atoms with Crippen LogP contribution < -0.4 is 11.1 Å². The molecule has 2 rings (SSSR count). The molecule has 0 aliphatic carbocycles. The van der Waals surface area contributed by atoms with Gasteiger partial charge in [0.25, 0.3) is 0 Å². The van der Waals surface area contributed by atoms with E-state index in [2.05, 4.69) is 17.1 Å². The predicted octanol–water partition coefficient (Wildman–Crippen LogP) is 1.14. The van der Waals surface area contributed by atoms with E-state index in [0.717, 1.165) is 38.2 Å². The number of carbonyl (C=O) groups is 1. The second-order valence-electron chi connectivity index (χ2n) is 5.18. The summed E-state index contributed by atoms with van der Waals surface area (Å²) in [5.41, 5.74) is 6.82. The molecule has 1 amide bonds. The minimum absolute atomic E-state index is 0.0823. The monoisotopic (exact) mass is 261 g/mol. The first-order valence-electron chi connectivity index (χ1n) is 7.01. The van der Waals surface area contributed by atoms with Gasteiger partial charge in [0.15, 0.2) is 0 Å². The highest BCUT2D eigenvalue weighted by Gasteiger charge is 2.22. The fourth-order valence-corrected chi connectivity index (χ4v) is 2.53. The Hall–Kier alpha value is -1.39. The lowest BCUT2D eigenvalue weighted by atomic mass is 10.1. The van der Waals surface area contributed by atoms with Gasteiger partial charge < -0.3 is 16.0 Å². The summed E-state index contributed by atoms with van der Waals surface area (Å²) < 4.78 is 0. The molecule has 1 heterocycles. The Labute approximate surface area is 115 Å². The van der Waals surface area contributed by atoms with Crippen molar-refractivity contribution >= 4 is 5.91 Å². The minimum atomic E-state index is -0.565. The second kappa shape index (κ2) is 6.68. The molecule has 3 N–H and O–H groups in total. The molecule has 4 nitrogen and oxygen atoms in total. The Morgan fingerprint density at radius 2 is 2.21 bits per heavy atom. The van der Waals surface area contributed by atoms with Crippen LogP contribution in [0.15, 0.2) is 30.3 Å². The van der Waals surface area contributed by atoms with Gasteiger partial charge in [-0.15, -0.1) is 0 Å². The first-order chi connectivity index (χ1) is 9.20. The number of benzene rings is 1. The molecule has 4 heteroatoms. The molecular weight excluding hydrogens is 238 g/mol. The van der Waals surface area contributed by atoms with Crippen molar-refractivity contribution in [3.8, 4) is 0 Å². The highest BCUT2D eigenvalue weighted by Crippen LogP contribution is 2.15. The van der Waals surface area contributed by atoms with Gasteiger partial charge in [-0.25, -0.2) is 0 Å². The molecule has 19 heavy (non-hydrogen) atoms. The van der Waals surface area contributed by atoms with Crippen LogP contribution in [0.25, 0.3) is 0 Å². The lowest BCUT2D eigenvalue weighted by Gasteiger charge is -2.16. The molecule has 104 valence electrons. The highest BCUT2D eigenvalue weighted by molar-refractivity contribution is 5.82. The molecule has 1 saturated heterocycles. The Balaban J connectivity index is 1.79. The number of rotatable bonds is 5. The Morgan fingerprint density at radius 1 is 1.47 bits per heavy atom. The third-order valence-corrected chi connectivity index (χ3v) is 3.82. The lowest BCUT2D eigenvalue weighted by Crippen LogP contribution is -2.37. The molecule has 0 spiro atoms. The van der Waals surface area contributed by atoms with Gasteiger partial charge in [-0.3, -0.25) is 4.79 Å². The van der Waals surface area contributed by atoms with E-state index in [1.54, 1.807) is 0 Å². The zero-order valence-electron chi connectivity index (χ0n) is 11.5. The number of nitrogens with one attached hydrogen (secondary N) is 1. The van der Waals surface area contributed by atoms with Crippen LogP contribution in [0, 0.1) is 5.92 Å². The van der Waals surface area contributed by atoms with Gasteiger partial charge in [0.1, 0.15) is 6.04 Å². The van der Waals surface area contributed by atoms with Crippen LogP contribution >= 0.6 is 0 Å². The van der Waals surface area contributed by atoms with E-state index >= 15 is 0 Å². The summed E-state index contributed by atoms with van der Waals surface area (Å²) in [5, 5.41) is 2.98. The Kier molecular flexibility index (Phi) is 4.93. The van der Waals surface area contributed by atoms with Crippen molar-refractivity contribution in [3.05, 3.63) is 35.9 Å². The Bertz CT molecular complexity index is 407. The Morgan fingerprint density at radius 3 is 2.84 bits per heavy atom. The third-order valence-electron chi connectivity index (χ3n) is 3.82. The van der Waals surface area contributed by atoms with Gasteiger partial charge in [-0.05, 0) is 31.0 Å². The molecule has 0 saturated carbocycles. The first-order valence-corrected chi connectivity index (χ1v) is 7.01. The van der Waals surface area contributed by atoms with Gasteiger partial charge in [0.05, 0.1) is 0 Å². The predicted molar refractivity (Wildman–Crippen MR) is 76.6 cm³/mol. The number of amides is 1. The number of hydrogen-bond donors (Lipinski definition) is 2. The largest absolute Gasteiger partial charge is 0.354 e. The molecule has 0 aromatic heterocycles. The standard InChI is InChI=1S/C15H23N3O/c1-2-18-9-8-12(11-18)10-17-15(19)14(16)13-6-4-3-5-7-13/h3-7,12,14H,2,8-11,16H2,1H3,(H,17,19)/t12?,14-/m1/s1. The molecule has 1 unspecified atom stereocenters. The number of carbonyl (C=O) groups excluding carboxylic acids is 1. The fraction of sp³-hybridized carbons (Fsp3) is 0.533. The molecule has 1 aliphatic heterocycles. The molecule has 0 bridgehead atoms. The van der Waals surface area contributed by atoms with E-state index in [-0.39, 0.29) is 5.91 Å². The topological polar surface area (TPSA) is 58.4 Å². The minimum Gasteiger partial charge on any atom is -0.354 e. The first kappa shape index (κ1) is 14.0. The number of likely N-dealkylation sites (tertiary alicyclic amines) is 1. The van der Waals surface area contributed by atoms with Crippen LogP contribution in [0.4, 0.5) is 0 Å². The van der Waals surface area contributed by atoms with Crippen molar-refractivity contribution in [2.24, 2.45) is 11.7 Å². The van der Waals surface area contributed by atoms with Crippen molar-refractivity contribution in [1.82, 2.24) is 10.2 Å². The summed E-state index contributed by atoms with van der Waals surface area (Å²) in [6.07, 6.45) is 1.16. The SMILES string of the molecule is CCN1CCC(CNC(=O)[C@H](N)c2ccccc2)C1. The van der Waals surface area contributed by atoms with E-state index in [4.69, 9.17) is 5.73 Å². The summed E-state index contributed by atoms with van der Waals surface area (Å²) in [7, 11) is 0. The molecular formula is C15H23N3O. The molecule has 1 fully saturated rings. The van der Waals surface area contributed by atoms with Crippen LogP contribution in [0.2, 0.25) is 0 Å². The summed E-state index contributed by atoms with van der Waals surface area (Å²) >= 11 is 0. The zero-order valence-corrected chi connectivity index (χ0v) is 11.5. The summed E-state index contributed by atoms with van der Waals surface area (Å²) in [6.45, 7) is 6.22. The highest BCUT2D eigenvalue weighted by atomic mass is 16.2. The summed E-state index contributed by atoms with van der Waals surface area (Å²) in [4.78, 5) is 14.4. The van der Waals surface area contributed by atoms with Gasteiger partial charge in [-0.1, -0.05) is 37.3 Å². The smallest absolute Gasteiger partial charge is 0.241 e. The van der Waals surface area contributed by atoms with Crippen LogP contribution in [0.1, 0.15) is 24.9 Å². The van der Waals surface area contributed by atoms with Crippen LogP contribution in [-0.2, 0) is 4.79 Å². The third kappa shape index (κ3) is 3.78. The average Bonchev–Trinajstić information content (AvgIpc) is 2.93. The zero-order chi connectivity index (χ0) is 13.7. The number of nitrogens with zero attached hydrogens (tertiary/aromatic N) is 1. The van der Waals surface area contributed by atoms with Crippen molar-refractivity contribution < 1.29 is 4.79 Å². The van der Waals surface area contributed by atoms with E-state index in [1.165, 1.54) is 0 Å². The average molecular weight is 261 g/mol. The summed E-state index contributed by atoms with van der Waals surface area (Å²) in [5.74, 6) is 0.480. The van der Waals surface area contributed by atoms with Crippen molar-refractivity contribution in [3.63, 3.8) is 0 Å². The number of hydrogen-bond acceptors (Lipinski definition) is 3. The van der Waals surface area contributed by atoms with E-state index in [1.807, 2.05) is 30.3 Å². The molecule has 1 aromatic carbocycles. The van der Waals surface area contributed by atoms with Crippen LogP contribution in [0.3, 0.4) is 0 Å². The van der Waals surface area contributed by atoms with Gasteiger partial charge >= 0.3 is 0 Å². The van der Waals surface area contributed by atoms with Gasteiger partial charge in [0, 0.05) is 13.1 Å². The maximum atomic E-state index is 12.0. The van der Waals surface area contributed by atoms with Crippen LogP contribution in [-0.4, -0.2) is 37.0 Å². The maximum Gasteiger partial charge on any atom is 0.241 e. The fourth-order valence-electron chi connectivity index (χ4n) is 2.53. The molecule has 0 radical (unpaired) electrons. The lowest BCUT2D eigenvalue weighted by molar-refractivity contribution is -0.122. The van der Waals surface area contributed by atoms with Gasteiger partial charge in [0.2, 0.25) is 5.91 Å². The normalized spacial score (nSPS) is 21.3. The summed E-state index contributed by atoms with van der Waals surface area (Å²) in [6, 6.07) is 8.94. The maximum absolute atomic E-state index is 12.0. The van der Waals surface area contributed by atoms with Crippen LogP contribution in [0.5, 0.6) is 0 Å². The van der Waals surface area contributed by atoms with Crippen molar-refractivity contribution in [2.75, 3.05) is 26.2 Å².